The van der Waals surface area contributed by atoms with Gasteiger partial charge in [-0.1, -0.05) is 35.3 Å². The highest BCUT2D eigenvalue weighted by molar-refractivity contribution is 6.42. The Balaban J connectivity index is 0.00000261. The van der Waals surface area contributed by atoms with Crippen LogP contribution in [0, 0.1) is 0 Å². The number of methoxy groups -OCH3 is 1. The fourth-order valence-electron chi connectivity index (χ4n) is 2.91. The Morgan fingerprint density at radius 1 is 1.07 bits per heavy atom. The van der Waals surface area contributed by atoms with Gasteiger partial charge in [0, 0.05) is 19.7 Å². The van der Waals surface area contributed by atoms with Gasteiger partial charge < -0.3 is 31.9 Å². The molecule has 1 atom stereocenters. The summed E-state index contributed by atoms with van der Waals surface area (Å²) in [6, 6.07) is 11.4. The summed E-state index contributed by atoms with van der Waals surface area (Å²) >= 11 is 12.0. The lowest BCUT2D eigenvalue weighted by atomic mass is 10.2. The summed E-state index contributed by atoms with van der Waals surface area (Å²) in [4.78, 5) is 0. The molecule has 148 valence electrons. The lowest BCUT2D eigenvalue weighted by Gasteiger charge is -2.14. The van der Waals surface area contributed by atoms with Gasteiger partial charge in [0.15, 0.2) is 11.5 Å². The maximum atomic E-state index is 6.04. The maximum Gasteiger partial charge on any atom is 0.161 e. The molecule has 0 aromatic heterocycles. The van der Waals surface area contributed by atoms with Crippen molar-refractivity contribution >= 4 is 23.2 Å². The molecule has 4 nitrogen and oxygen atoms in total. The van der Waals surface area contributed by atoms with Crippen molar-refractivity contribution < 1.29 is 26.6 Å². The second kappa shape index (κ2) is 11.0. The zero-order valence-corrected chi connectivity index (χ0v) is 17.4. The first-order valence-electron chi connectivity index (χ1n) is 8.71. The topological polar surface area (TPSA) is 39.7 Å². The van der Waals surface area contributed by atoms with Crippen molar-refractivity contribution in [1.29, 1.82) is 0 Å². The van der Waals surface area contributed by atoms with Gasteiger partial charge in [0.2, 0.25) is 0 Å². The molecule has 0 amide bonds. The Labute approximate surface area is 176 Å². The van der Waals surface area contributed by atoms with Gasteiger partial charge in [0.1, 0.15) is 6.61 Å². The molecule has 27 heavy (non-hydrogen) atoms. The predicted molar refractivity (Wildman–Crippen MR) is 104 cm³/mol. The van der Waals surface area contributed by atoms with Gasteiger partial charge in [0.25, 0.3) is 0 Å². The second-order valence-electron chi connectivity index (χ2n) is 6.29. The summed E-state index contributed by atoms with van der Waals surface area (Å²) in [6.07, 6.45) is 2.63. The Bertz CT molecular complexity index is 736. The zero-order valence-electron chi connectivity index (χ0n) is 15.1. The second-order valence-corrected chi connectivity index (χ2v) is 7.10. The molecule has 7 heteroatoms. The average Bonchev–Trinajstić information content (AvgIpc) is 3.16. The average molecular weight is 432 g/mol. The van der Waals surface area contributed by atoms with Gasteiger partial charge in [-0.2, -0.15) is 0 Å². The Kier molecular flexibility index (Phi) is 9.00. The maximum absolute atomic E-state index is 6.04. The number of benzene rings is 2. The van der Waals surface area contributed by atoms with Crippen molar-refractivity contribution in [2.45, 2.75) is 32.1 Å². The van der Waals surface area contributed by atoms with Crippen LogP contribution < -0.4 is 27.2 Å². The summed E-state index contributed by atoms with van der Waals surface area (Å²) in [6.45, 7) is 2.91. The standard InChI is InChI=1S/C20H23Cl2NO3.ClH/c1-24-20-10-14(11-23-12-16-3-2-8-25-16)5-7-19(20)26-13-15-4-6-17(21)18(22)9-15;/h4-7,9-10,16,23H,2-3,8,11-13H2,1H3;1H/p-1. The Morgan fingerprint density at radius 2 is 1.89 bits per heavy atom. The van der Waals surface area contributed by atoms with E-state index in [1.165, 1.54) is 0 Å². The van der Waals surface area contributed by atoms with Gasteiger partial charge in [-0.25, -0.2) is 0 Å². The number of hydrogen-bond donors (Lipinski definition) is 1. The minimum absolute atomic E-state index is 0. The third kappa shape index (κ3) is 6.44. The van der Waals surface area contributed by atoms with Crippen molar-refractivity contribution in [3.8, 4) is 11.5 Å². The van der Waals surface area contributed by atoms with Crippen molar-refractivity contribution in [2.75, 3.05) is 20.3 Å². The summed E-state index contributed by atoms with van der Waals surface area (Å²) < 4.78 is 17.0. The van der Waals surface area contributed by atoms with E-state index >= 15 is 0 Å². The van der Waals surface area contributed by atoms with Crippen molar-refractivity contribution in [3.63, 3.8) is 0 Å². The molecular formula is C20H23Cl3NO3-. The van der Waals surface area contributed by atoms with E-state index in [9.17, 15) is 0 Å². The lowest BCUT2D eigenvalue weighted by molar-refractivity contribution is -0.00000698. The molecular weight excluding hydrogens is 409 g/mol. The van der Waals surface area contributed by atoms with E-state index in [2.05, 4.69) is 5.32 Å². The SMILES string of the molecule is COc1cc(CNCC2CCCO2)ccc1OCc1ccc(Cl)c(Cl)c1.[Cl-]. The number of halogens is 3. The molecule has 1 aliphatic rings. The summed E-state index contributed by atoms with van der Waals surface area (Å²) in [5.41, 5.74) is 2.09. The molecule has 1 fully saturated rings. The van der Waals surface area contributed by atoms with E-state index in [-0.39, 0.29) is 12.4 Å². The lowest BCUT2D eigenvalue weighted by Crippen LogP contribution is -3.00. The first kappa shape index (κ1) is 22.1. The number of hydrogen-bond acceptors (Lipinski definition) is 4. The van der Waals surface area contributed by atoms with Crippen LogP contribution in [-0.2, 0) is 17.9 Å². The van der Waals surface area contributed by atoms with Gasteiger partial charge in [-0.3, -0.25) is 0 Å². The molecule has 0 bridgehead atoms. The molecule has 3 rings (SSSR count). The Hall–Kier alpha value is -1.17. The minimum Gasteiger partial charge on any atom is -1.00 e. The molecule has 0 saturated carbocycles. The van der Waals surface area contributed by atoms with Crippen molar-refractivity contribution in [2.24, 2.45) is 0 Å². The van der Waals surface area contributed by atoms with E-state index < -0.39 is 0 Å². The quantitative estimate of drug-likeness (QED) is 0.692. The monoisotopic (exact) mass is 430 g/mol. The minimum atomic E-state index is 0. The fourth-order valence-corrected chi connectivity index (χ4v) is 3.24. The first-order chi connectivity index (χ1) is 12.7. The van der Waals surface area contributed by atoms with Crippen LogP contribution in [0.5, 0.6) is 11.5 Å². The molecule has 0 aliphatic carbocycles. The largest absolute Gasteiger partial charge is 1.00 e. The van der Waals surface area contributed by atoms with Crippen LogP contribution in [-0.4, -0.2) is 26.4 Å². The smallest absolute Gasteiger partial charge is 0.161 e. The number of nitrogens with one attached hydrogen (secondary N) is 1. The molecule has 0 radical (unpaired) electrons. The van der Waals surface area contributed by atoms with E-state index in [1.54, 1.807) is 19.2 Å². The fraction of sp³-hybridized carbons (Fsp3) is 0.400. The first-order valence-corrected chi connectivity index (χ1v) is 9.47. The molecule has 1 unspecified atom stereocenters. The van der Waals surface area contributed by atoms with E-state index in [1.807, 2.05) is 24.3 Å². The highest BCUT2D eigenvalue weighted by atomic mass is 35.5. The summed E-state index contributed by atoms with van der Waals surface area (Å²) in [5, 5.41) is 4.49. The van der Waals surface area contributed by atoms with Gasteiger partial charge in [-0.15, -0.1) is 0 Å². The molecule has 2 aromatic carbocycles. The van der Waals surface area contributed by atoms with Crippen LogP contribution in [0.25, 0.3) is 0 Å². The van der Waals surface area contributed by atoms with E-state index in [0.717, 1.165) is 43.7 Å². The third-order valence-electron chi connectivity index (χ3n) is 4.33. The predicted octanol–water partition coefficient (Wildman–Crippen LogP) is 1.85. The van der Waals surface area contributed by atoms with Crippen LogP contribution >= 0.6 is 23.2 Å². The van der Waals surface area contributed by atoms with Crippen LogP contribution in [0.4, 0.5) is 0 Å². The van der Waals surface area contributed by atoms with Crippen LogP contribution in [0.2, 0.25) is 10.0 Å². The molecule has 2 aromatic rings. The van der Waals surface area contributed by atoms with Crippen LogP contribution in [0.3, 0.4) is 0 Å². The van der Waals surface area contributed by atoms with Crippen molar-refractivity contribution in [1.82, 2.24) is 5.32 Å². The van der Waals surface area contributed by atoms with E-state index in [0.29, 0.717) is 34.3 Å². The molecule has 1 N–H and O–H groups in total. The summed E-state index contributed by atoms with van der Waals surface area (Å²) in [7, 11) is 1.64. The molecule has 1 saturated heterocycles. The normalized spacial score (nSPS) is 16.0. The highest BCUT2D eigenvalue weighted by Gasteiger charge is 2.14. The third-order valence-corrected chi connectivity index (χ3v) is 5.07. The van der Waals surface area contributed by atoms with E-state index in [4.69, 9.17) is 37.4 Å². The zero-order chi connectivity index (χ0) is 18.4. The molecule has 1 aliphatic heterocycles. The van der Waals surface area contributed by atoms with Gasteiger partial charge in [-0.05, 0) is 48.2 Å². The summed E-state index contributed by atoms with van der Waals surface area (Å²) in [5.74, 6) is 1.41. The number of ether oxygens (including phenoxy) is 3. The molecule has 0 spiro atoms. The van der Waals surface area contributed by atoms with Crippen LogP contribution in [0.15, 0.2) is 36.4 Å². The van der Waals surface area contributed by atoms with Crippen molar-refractivity contribution in [3.05, 3.63) is 57.6 Å². The van der Waals surface area contributed by atoms with Gasteiger partial charge in [0.05, 0.1) is 23.3 Å². The van der Waals surface area contributed by atoms with Crippen LogP contribution in [0.1, 0.15) is 24.0 Å². The van der Waals surface area contributed by atoms with Gasteiger partial charge >= 0.3 is 0 Å². The molecule has 1 heterocycles. The highest BCUT2D eigenvalue weighted by Crippen LogP contribution is 2.30. The number of rotatable bonds is 8. The Morgan fingerprint density at radius 3 is 2.59 bits per heavy atom.